The number of amides is 1. The maximum absolute atomic E-state index is 12.5. The van der Waals surface area contributed by atoms with E-state index in [0.717, 1.165) is 46.8 Å². The molecule has 0 atom stereocenters. The molecule has 0 unspecified atom stereocenters. The largest absolute Gasteiger partial charge is 0.379 e. The summed E-state index contributed by atoms with van der Waals surface area (Å²) in [5.74, 6) is 0.855. The van der Waals surface area contributed by atoms with Crippen molar-refractivity contribution >= 4 is 51.2 Å². The summed E-state index contributed by atoms with van der Waals surface area (Å²) in [5.41, 5.74) is 1.35. The van der Waals surface area contributed by atoms with Gasteiger partial charge in [-0.2, -0.15) is 0 Å². The summed E-state index contributed by atoms with van der Waals surface area (Å²) < 4.78 is 6.64. The van der Waals surface area contributed by atoms with E-state index >= 15 is 0 Å². The van der Waals surface area contributed by atoms with E-state index in [1.165, 1.54) is 0 Å². The fraction of sp³-hybridized carbons (Fsp3) is 0.364. The quantitative estimate of drug-likeness (QED) is 0.464. The molecule has 3 aromatic rings. The van der Waals surface area contributed by atoms with Crippen molar-refractivity contribution in [3.63, 3.8) is 0 Å². The van der Waals surface area contributed by atoms with Crippen LogP contribution < -0.4 is 10.6 Å². The lowest BCUT2D eigenvalue weighted by Gasteiger charge is -2.28. The minimum Gasteiger partial charge on any atom is -0.379 e. The number of hydrogen-bond acceptors (Lipinski definition) is 6. The van der Waals surface area contributed by atoms with Crippen LogP contribution in [-0.2, 0) is 4.74 Å². The van der Waals surface area contributed by atoms with Crippen molar-refractivity contribution < 1.29 is 9.53 Å². The normalized spacial score (nSPS) is 18.9. The molecule has 1 aliphatic rings. The van der Waals surface area contributed by atoms with Gasteiger partial charge in [0.25, 0.3) is 5.91 Å². The number of halogens is 1. The summed E-state index contributed by atoms with van der Waals surface area (Å²) in [4.78, 5) is 26.1. The van der Waals surface area contributed by atoms with Gasteiger partial charge >= 0.3 is 0 Å². The molecule has 4 rings (SSSR count). The van der Waals surface area contributed by atoms with Crippen LogP contribution >= 0.6 is 22.6 Å². The highest BCUT2D eigenvalue weighted by atomic mass is 127. The topological polar surface area (TPSA) is 89.0 Å². The summed E-state index contributed by atoms with van der Waals surface area (Å²) in [6.07, 6.45) is 8.00. The number of rotatable bonds is 6. The standard InChI is InChI=1S/C22H24IN5O2/c1-2-30-16-10-8-15(9-11-16)26-22-25-12-17-19(27-22)18(23)13-24-20(17)28-21(29)14-6-4-3-5-7-14/h3-7,12-13,15-16H,2,8-11H2,1H3,(H,24,28,29)(H,25,26,27). The van der Waals surface area contributed by atoms with Crippen molar-refractivity contribution in [3.05, 3.63) is 51.9 Å². The Labute approximate surface area is 189 Å². The second-order valence-corrected chi connectivity index (χ2v) is 8.47. The molecule has 1 saturated carbocycles. The van der Waals surface area contributed by atoms with E-state index in [0.29, 0.717) is 29.5 Å². The van der Waals surface area contributed by atoms with Crippen LogP contribution in [-0.4, -0.2) is 39.6 Å². The number of anilines is 2. The Balaban J connectivity index is 1.51. The second-order valence-electron chi connectivity index (χ2n) is 7.30. The number of benzene rings is 1. The molecule has 0 spiro atoms. The van der Waals surface area contributed by atoms with E-state index in [2.05, 4.69) is 43.2 Å². The van der Waals surface area contributed by atoms with Crippen LogP contribution in [0.1, 0.15) is 43.0 Å². The van der Waals surface area contributed by atoms with Crippen molar-refractivity contribution in [1.29, 1.82) is 0 Å². The molecule has 0 saturated heterocycles. The summed E-state index contributed by atoms with van der Waals surface area (Å²) in [5, 5.41) is 7.06. The molecular formula is C22H24IN5O2. The van der Waals surface area contributed by atoms with Crippen molar-refractivity contribution in [1.82, 2.24) is 15.0 Å². The van der Waals surface area contributed by atoms with Crippen LogP contribution in [0.3, 0.4) is 0 Å². The molecule has 30 heavy (non-hydrogen) atoms. The summed E-state index contributed by atoms with van der Waals surface area (Å²) >= 11 is 2.21. The lowest BCUT2D eigenvalue weighted by Crippen LogP contribution is -2.30. The minimum absolute atomic E-state index is 0.209. The van der Waals surface area contributed by atoms with Gasteiger partial charge < -0.3 is 15.4 Å². The third kappa shape index (κ3) is 4.86. The Morgan fingerprint density at radius 3 is 2.63 bits per heavy atom. The summed E-state index contributed by atoms with van der Waals surface area (Å²) in [6, 6.07) is 9.41. The van der Waals surface area contributed by atoms with Gasteiger partial charge in [0.05, 0.1) is 20.6 Å². The molecule has 1 aromatic carbocycles. The first-order valence-corrected chi connectivity index (χ1v) is 11.3. The Kier molecular flexibility index (Phi) is 6.73. The molecule has 156 valence electrons. The van der Waals surface area contributed by atoms with E-state index in [1.807, 2.05) is 25.1 Å². The van der Waals surface area contributed by atoms with Crippen LogP contribution in [0.4, 0.5) is 11.8 Å². The molecule has 2 aromatic heterocycles. The monoisotopic (exact) mass is 517 g/mol. The number of pyridine rings is 1. The SMILES string of the molecule is CCOC1CCC(Nc2ncc3c(NC(=O)c4ccccc4)ncc(I)c3n2)CC1. The molecular weight excluding hydrogens is 493 g/mol. The number of fused-ring (bicyclic) bond motifs is 1. The van der Waals surface area contributed by atoms with Crippen molar-refractivity contribution in [2.75, 3.05) is 17.2 Å². The molecule has 1 fully saturated rings. The van der Waals surface area contributed by atoms with Gasteiger partial charge in [0, 0.05) is 30.6 Å². The molecule has 2 N–H and O–H groups in total. The minimum atomic E-state index is -0.209. The first-order chi connectivity index (χ1) is 14.6. The molecule has 0 aliphatic heterocycles. The number of aromatic nitrogens is 3. The highest BCUT2D eigenvalue weighted by molar-refractivity contribution is 14.1. The zero-order chi connectivity index (χ0) is 20.9. The van der Waals surface area contributed by atoms with E-state index in [1.54, 1.807) is 24.5 Å². The number of nitrogens with one attached hydrogen (secondary N) is 2. The van der Waals surface area contributed by atoms with Gasteiger partial charge in [-0.25, -0.2) is 15.0 Å². The van der Waals surface area contributed by atoms with Gasteiger partial charge in [-0.05, 0) is 67.3 Å². The maximum Gasteiger partial charge on any atom is 0.256 e. The fourth-order valence-corrected chi connectivity index (χ4v) is 4.27. The number of ether oxygens (including phenoxy) is 1. The Morgan fingerprint density at radius 2 is 1.90 bits per heavy atom. The molecule has 1 aliphatic carbocycles. The number of hydrogen-bond donors (Lipinski definition) is 2. The first kappa shape index (κ1) is 20.9. The van der Waals surface area contributed by atoms with E-state index in [4.69, 9.17) is 9.72 Å². The first-order valence-electron chi connectivity index (χ1n) is 10.2. The van der Waals surface area contributed by atoms with Crippen molar-refractivity contribution in [2.45, 2.75) is 44.8 Å². The third-order valence-corrected chi connectivity index (χ3v) is 6.04. The predicted octanol–water partition coefficient (Wildman–Crippen LogP) is 4.64. The Morgan fingerprint density at radius 1 is 1.13 bits per heavy atom. The van der Waals surface area contributed by atoms with Gasteiger partial charge in [-0.3, -0.25) is 4.79 Å². The van der Waals surface area contributed by atoms with Crippen LogP contribution in [0.15, 0.2) is 42.7 Å². The average molecular weight is 517 g/mol. The van der Waals surface area contributed by atoms with Crippen LogP contribution in [0, 0.1) is 3.57 Å². The average Bonchev–Trinajstić information content (AvgIpc) is 2.78. The highest BCUT2D eigenvalue weighted by Crippen LogP contribution is 2.27. The number of carbonyl (C=O) groups excluding carboxylic acids is 1. The zero-order valence-electron chi connectivity index (χ0n) is 16.8. The van der Waals surface area contributed by atoms with Gasteiger partial charge in [-0.1, -0.05) is 18.2 Å². The maximum atomic E-state index is 12.5. The number of carbonyl (C=O) groups is 1. The van der Waals surface area contributed by atoms with Gasteiger partial charge in [0.2, 0.25) is 5.95 Å². The molecule has 8 heteroatoms. The van der Waals surface area contributed by atoms with Crippen LogP contribution in [0.2, 0.25) is 0 Å². The molecule has 0 radical (unpaired) electrons. The number of nitrogens with zero attached hydrogens (tertiary/aromatic N) is 3. The molecule has 0 bridgehead atoms. The highest BCUT2D eigenvalue weighted by Gasteiger charge is 2.22. The van der Waals surface area contributed by atoms with E-state index in [9.17, 15) is 4.79 Å². The van der Waals surface area contributed by atoms with E-state index in [-0.39, 0.29) is 5.91 Å². The summed E-state index contributed by atoms with van der Waals surface area (Å²) in [7, 11) is 0. The van der Waals surface area contributed by atoms with Gasteiger partial charge in [-0.15, -0.1) is 0 Å². The molecule has 1 amide bonds. The van der Waals surface area contributed by atoms with Crippen LogP contribution in [0.5, 0.6) is 0 Å². The van der Waals surface area contributed by atoms with Gasteiger partial charge in [0.15, 0.2) is 0 Å². The molecule has 2 heterocycles. The lowest BCUT2D eigenvalue weighted by atomic mass is 9.93. The fourth-order valence-electron chi connectivity index (χ4n) is 3.72. The molecule has 7 nitrogen and oxygen atoms in total. The lowest BCUT2D eigenvalue weighted by molar-refractivity contribution is 0.0346. The second kappa shape index (κ2) is 9.65. The van der Waals surface area contributed by atoms with E-state index < -0.39 is 0 Å². The van der Waals surface area contributed by atoms with Crippen LogP contribution in [0.25, 0.3) is 10.9 Å². The third-order valence-electron chi connectivity index (χ3n) is 5.25. The Bertz CT molecular complexity index is 1020. The van der Waals surface area contributed by atoms with Crippen molar-refractivity contribution in [3.8, 4) is 0 Å². The van der Waals surface area contributed by atoms with Crippen molar-refractivity contribution in [2.24, 2.45) is 0 Å². The zero-order valence-corrected chi connectivity index (χ0v) is 18.9. The summed E-state index contributed by atoms with van der Waals surface area (Å²) in [6.45, 7) is 2.81. The smallest absolute Gasteiger partial charge is 0.256 e. The predicted molar refractivity (Wildman–Crippen MR) is 126 cm³/mol. The van der Waals surface area contributed by atoms with Gasteiger partial charge in [0.1, 0.15) is 5.82 Å². The Hall–Kier alpha value is -2.33.